The highest BCUT2D eigenvalue weighted by Crippen LogP contribution is 2.30. The second-order valence-corrected chi connectivity index (χ2v) is 7.55. The maximum Gasteiger partial charge on any atom is 0.276 e. The third-order valence-corrected chi connectivity index (χ3v) is 4.77. The van der Waals surface area contributed by atoms with E-state index in [-0.39, 0.29) is 5.96 Å². The highest BCUT2D eigenvalue weighted by atomic mass is 35.5. The first kappa shape index (κ1) is 20.7. The lowest BCUT2D eigenvalue weighted by molar-refractivity contribution is 0.0864. The van der Waals surface area contributed by atoms with E-state index in [1.165, 1.54) is 12.6 Å². The van der Waals surface area contributed by atoms with Crippen molar-refractivity contribution in [2.75, 3.05) is 21.1 Å². The number of guanidine groups is 1. The lowest BCUT2D eigenvalue weighted by Gasteiger charge is -2.12. The average molecular weight is 414 g/mol. The number of nitrogens with two attached hydrogens (primary N) is 1. The number of benzene rings is 2. The molecule has 1 amide bonds. The summed E-state index contributed by atoms with van der Waals surface area (Å²) < 4.78 is 5.93. The summed E-state index contributed by atoms with van der Waals surface area (Å²) >= 11 is 6.39. The van der Waals surface area contributed by atoms with Crippen LogP contribution in [-0.4, -0.2) is 47.8 Å². The molecule has 29 heavy (non-hydrogen) atoms. The summed E-state index contributed by atoms with van der Waals surface area (Å²) in [7, 11) is 5.50. The van der Waals surface area contributed by atoms with E-state index in [2.05, 4.69) is 22.0 Å². The Labute approximate surface area is 174 Å². The van der Waals surface area contributed by atoms with Crippen molar-refractivity contribution in [3.05, 3.63) is 64.3 Å². The van der Waals surface area contributed by atoms with Crippen LogP contribution in [-0.2, 0) is 13.2 Å². The van der Waals surface area contributed by atoms with Gasteiger partial charge >= 0.3 is 0 Å². The van der Waals surface area contributed by atoms with E-state index in [1.54, 1.807) is 18.2 Å². The van der Waals surface area contributed by atoms with E-state index in [0.29, 0.717) is 34.0 Å². The molecular formula is C21H24ClN5O2. The third kappa shape index (κ3) is 4.88. The number of nitrogens with zero attached hydrogens (tertiary/aromatic N) is 2. The van der Waals surface area contributed by atoms with Crippen molar-refractivity contribution in [1.29, 1.82) is 5.41 Å². The first-order chi connectivity index (χ1) is 13.7. The normalized spacial score (nSPS) is 11.1. The van der Waals surface area contributed by atoms with Crippen LogP contribution in [0.2, 0.25) is 5.02 Å². The second kappa shape index (κ2) is 8.55. The molecule has 3 aromatic rings. The van der Waals surface area contributed by atoms with Crippen LogP contribution in [0.5, 0.6) is 5.75 Å². The van der Waals surface area contributed by atoms with Gasteiger partial charge in [-0.05, 0) is 37.4 Å². The van der Waals surface area contributed by atoms with Crippen LogP contribution >= 0.6 is 11.6 Å². The molecular weight excluding hydrogens is 390 g/mol. The summed E-state index contributed by atoms with van der Waals surface area (Å²) in [5, 5.41) is 8.57. The Morgan fingerprint density at radius 3 is 2.59 bits per heavy atom. The SMILES string of the molecule is CN(C)Cc1cccc(COc2cc(Cl)c3cc(C(=O)N(C)C(=N)N)[nH]c3c2)c1. The molecule has 1 aromatic heterocycles. The minimum absolute atomic E-state index is 0.299. The minimum Gasteiger partial charge on any atom is -0.489 e. The van der Waals surface area contributed by atoms with E-state index >= 15 is 0 Å². The molecule has 0 bridgehead atoms. The predicted molar refractivity (Wildman–Crippen MR) is 115 cm³/mol. The van der Waals surface area contributed by atoms with Crippen molar-refractivity contribution in [3.63, 3.8) is 0 Å². The van der Waals surface area contributed by atoms with Gasteiger partial charge in [-0.1, -0.05) is 35.9 Å². The average Bonchev–Trinajstić information content (AvgIpc) is 3.09. The molecule has 8 heteroatoms. The molecule has 0 aliphatic heterocycles. The lowest BCUT2D eigenvalue weighted by atomic mass is 10.1. The van der Waals surface area contributed by atoms with Crippen LogP contribution in [0.3, 0.4) is 0 Å². The molecule has 0 saturated carbocycles. The molecule has 0 spiro atoms. The molecule has 0 saturated heterocycles. The number of ether oxygens (including phenoxy) is 1. The fourth-order valence-corrected chi connectivity index (χ4v) is 3.27. The molecule has 0 aliphatic carbocycles. The van der Waals surface area contributed by atoms with Crippen LogP contribution in [0.4, 0.5) is 0 Å². The largest absolute Gasteiger partial charge is 0.489 e. The number of halogens is 1. The zero-order valence-electron chi connectivity index (χ0n) is 16.6. The molecule has 3 rings (SSSR count). The summed E-state index contributed by atoms with van der Waals surface area (Å²) in [4.78, 5) is 18.6. The number of hydrogen-bond donors (Lipinski definition) is 3. The number of carbonyl (C=O) groups excluding carboxylic acids is 1. The number of nitrogens with one attached hydrogen (secondary N) is 2. The van der Waals surface area contributed by atoms with Gasteiger partial charge in [0, 0.05) is 25.0 Å². The highest BCUT2D eigenvalue weighted by molar-refractivity contribution is 6.35. The number of H-pyrrole nitrogens is 1. The van der Waals surface area contributed by atoms with Crippen molar-refractivity contribution in [2.45, 2.75) is 13.2 Å². The number of amides is 1. The molecule has 7 nitrogen and oxygen atoms in total. The summed E-state index contributed by atoms with van der Waals surface area (Å²) in [5.74, 6) is -0.147. The molecule has 2 aromatic carbocycles. The van der Waals surface area contributed by atoms with Gasteiger partial charge in [0.25, 0.3) is 5.91 Å². The summed E-state index contributed by atoms with van der Waals surface area (Å²) in [6.07, 6.45) is 0. The fourth-order valence-electron chi connectivity index (χ4n) is 3.01. The van der Waals surface area contributed by atoms with Crippen molar-refractivity contribution >= 4 is 34.4 Å². The Morgan fingerprint density at radius 2 is 1.90 bits per heavy atom. The molecule has 0 atom stereocenters. The first-order valence-corrected chi connectivity index (χ1v) is 9.42. The van der Waals surface area contributed by atoms with Gasteiger partial charge in [-0.2, -0.15) is 0 Å². The van der Waals surface area contributed by atoms with Gasteiger partial charge in [-0.3, -0.25) is 15.1 Å². The van der Waals surface area contributed by atoms with Crippen molar-refractivity contribution in [2.24, 2.45) is 5.73 Å². The number of hydrogen-bond acceptors (Lipinski definition) is 4. The Kier molecular flexibility index (Phi) is 6.10. The number of carbonyl (C=O) groups is 1. The minimum atomic E-state index is -0.412. The molecule has 4 N–H and O–H groups in total. The summed E-state index contributed by atoms with van der Waals surface area (Å²) in [5.41, 5.74) is 8.63. The van der Waals surface area contributed by atoms with Crippen LogP contribution in [0.25, 0.3) is 10.9 Å². The summed E-state index contributed by atoms with van der Waals surface area (Å²) in [6, 6.07) is 13.4. The van der Waals surface area contributed by atoms with E-state index in [1.807, 2.05) is 26.2 Å². The van der Waals surface area contributed by atoms with E-state index in [4.69, 9.17) is 27.5 Å². The monoisotopic (exact) mass is 413 g/mol. The topological polar surface area (TPSA) is 98.4 Å². The van der Waals surface area contributed by atoms with Crippen LogP contribution < -0.4 is 10.5 Å². The molecule has 0 radical (unpaired) electrons. The van der Waals surface area contributed by atoms with Crippen molar-refractivity contribution in [1.82, 2.24) is 14.8 Å². The van der Waals surface area contributed by atoms with Crippen molar-refractivity contribution in [3.8, 4) is 5.75 Å². The Balaban J connectivity index is 1.79. The molecule has 0 aliphatic rings. The van der Waals surface area contributed by atoms with E-state index in [9.17, 15) is 4.79 Å². The summed E-state index contributed by atoms with van der Waals surface area (Å²) in [6.45, 7) is 1.27. The second-order valence-electron chi connectivity index (χ2n) is 7.15. The van der Waals surface area contributed by atoms with E-state index in [0.717, 1.165) is 17.0 Å². The van der Waals surface area contributed by atoms with Gasteiger partial charge in [-0.25, -0.2) is 0 Å². The van der Waals surface area contributed by atoms with Gasteiger partial charge in [0.15, 0.2) is 5.96 Å². The maximum atomic E-state index is 12.4. The van der Waals surface area contributed by atoms with Crippen LogP contribution in [0, 0.1) is 5.41 Å². The Hall–Kier alpha value is -3.03. The number of rotatable bonds is 6. The van der Waals surface area contributed by atoms with Gasteiger partial charge in [0.2, 0.25) is 0 Å². The first-order valence-electron chi connectivity index (χ1n) is 9.04. The van der Waals surface area contributed by atoms with Gasteiger partial charge < -0.3 is 20.4 Å². The van der Waals surface area contributed by atoms with Gasteiger partial charge in [-0.15, -0.1) is 0 Å². The van der Waals surface area contributed by atoms with Crippen LogP contribution in [0.15, 0.2) is 42.5 Å². The standard InChI is InChI=1S/C21H24ClN5O2/c1-26(2)11-13-5-4-6-14(7-13)12-29-15-8-17(22)16-10-19(25-18(16)9-15)20(28)27(3)21(23)24/h4-10,25H,11-12H2,1-3H3,(H3,23,24). The fraction of sp³-hybridized carbons (Fsp3) is 0.238. The quantitative estimate of drug-likeness (QED) is 0.426. The maximum absolute atomic E-state index is 12.4. The van der Waals surface area contributed by atoms with Gasteiger partial charge in [0.05, 0.1) is 10.5 Å². The molecule has 1 heterocycles. The number of fused-ring (bicyclic) bond motifs is 1. The lowest BCUT2D eigenvalue weighted by Crippen LogP contribution is -2.38. The number of aromatic nitrogens is 1. The predicted octanol–water partition coefficient (Wildman–Crippen LogP) is 3.43. The van der Waals surface area contributed by atoms with Crippen LogP contribution in [0.1, 0.15) is 21.6 Å². The third-order valence-electron chi connectivity index (χ3n) is 4.45. The smallest absolute Gasteiger partial charge is 0.276 e. The Bertz CT molecular complexity index is 1060. The van der Waals surface area contributed by atoms with E-state index < -0.39 is 5.91 Å². The van der Waals surface area contributed by atoms with Crippen molar-refractivity contribution < 1.29 is 9.53 Å². The Morgan fingerprint density at radius 1 is 1.17 bits per heavy atom. The zero-order valence-corrected chi connectivity index (χ0v) is 17.4. The number of aromatic amines is 1. The van der Waals surface area contributed by atoms with Gasteiger partial charge in [0.1, 0.15) is 18.1 Å². The zero-order chi connectivity index (χ0) is 21.1. The molecule has 0 fully saturated rings. The molecule has 0 unspecified atom stereocenters. The highest BCUT2D eigenvalue weighted by Gasteiger charge is 2.17. The molecule has 152 valence electrons.